The molecule has 1 atom stereocenters. The third-order valence-electron chi connectivity index (χ3n) is 4.26. The summed E-state index contributed by atoms with van der Waals surface area (Å²) in [6.45, 7) is 7.33. The van der Waals surface area contributed by atoms with Gasteiger partial charge in [0.05, 0.1) is 24.9 Å². The molecule has 1 aliphatic rings. The molecule has 0 aliphatic carbocycles. The van der Waals surface area contributed by atoms with Crippen molar-refractivity contribution in [2.45, 2.75) is 26.5 Å². The number of hydrogen-bond acceptors (Lipinski definition) is 5. The number of ether oxygens (including phenoxy) is 2. The van der Waals surface area contributed by atoms with Crippen molar-refractivity contribution in [3.05, 3.63) is 53.7 Å². The molecule has 0 radical (unpaired) electrons. The van der Waals surface area contributed by atoms with Gasteiger partial charge >= 0.3 is 0 Å². The molecule has 0 bridgehead atoms. The highest BCUT2D eigenvalue weighted by atomic mass is 16.5. The van der Waals surface area contributed by atoms with E-state index in [0.717, 1.165) is 31.1 Å². The van der Waals surface area contributed by atoms with Crippen molar-refractivity contribution in [2.24, 2.45) is 0 Å². The van der Waals surface area contributed by atoms with Crippen molar-refractivity contribution in [3.8, 4) is 5.75 Å². The zero-order chi connectivity index (χ0) is 18.4. The summed E-state index contributed by atoms with van der Waals surface area (Å²) in [5, 5.41) is 2.93. The molecule has 6 nitrogen and oxygen atoms in total. The summed E-state index contributed by atoms with van der Waals surface area (Å²) in [6, 6.07) is 11.2. The van der Waals surface area contributed by atoms with Gasteiger partial charge in [-0.15, -0.1) is 0 Å². The Kier molecular flexibility index (Phi) is 6.07. The highest BCUT2D eigenvalue weighted by molar-refractivity contribution is 5.96. The van der Waals surface area contributed by atoms with Gasteiger partial charge in [0.1, 0.15) is 11.6 Å². The molecule has 2 aromatic rings. The monoisotopic (exact) mass is 355 g/mol. The molecule has 0 saturated carbocycles. The maximum Gasteiger partial charge on any atom is 0.255 e. The van der Waals surface area contributed by atoms with Crippen LogP contribution in [0.4, 0.5) is 5.82 Å². The van der Waals surface area contributed by atoms with Crippen LogP contribution >= 0.6 is 0 Å². The van der Waals surface area contributed by atoms with Gasteiger partial charge in [-0.2, -0.15) is 0 Å². The van der Waals surface area contributed by atoms with E-state index in [9.17, 15) is 4.79 Å². The average Bonchev–Trinajstić information content (AvgIpc) is 2.67. The smallest absolute Gasteiger partial charge is 0.255 e. The number of carbonyl (C=O) groups excluding carboxylic acids is 1. The lowest BCUT2D eigenvalue weighted by Crippen LogP contribution is -2.41. The molecular weight excluding hydrogens is 330 g/mol. The van der Waals surface area contributed by atoms with Crippen LogP contribution in [-0.2, 0) is 11.3 Å². The van der Waals surface area contributed by atoms with E-state index in [2.05, 4.69) is 22.1 Å². The maximum absolute atomic E-state index is 12.4. The van der Waals surface area contributed by atoms with Gasteiger partial charge in [-0.3, -0.25) is 4.79 Å². The van der Waals surface area contributed by atoms with Crippen molar-refractivity contribution in [1.82, 2.24) is 10.3 Å². The standard InChI is InChI=1S/C20H25N3O3/c1-3-25-18-7-5-4-6-17(18)20(24)22-13-16-8-9-19(21-12-16)23-10-11-26-15(2)14-23/h4-9,12,15H,3,10-11,13-14H2,1-2H3,(H,22,24)/t15-/m1/s1. The molecule has 1 aliphatic heterocycles. The fraction of sp³-hybridized carbons (Fsp3) is 0.400. The minimum absolute atomic E-state index is 0.153. The molecule has 1 fully saturated rings. The minimum Gasteiger partial charge on any atom is -0.493 e. The first-order valence-corrected chi connectivity index (χ1v) is 8.99. The van der Waals surface area contributed by atoms with Gasteiger partial charge in [0, 0.05) is 25.8 Å². The number of nitrogens with zero attached hydrogens (tertiary/aromatic N) is 2. The zero-order valence-corrected chi connectivity index (χ0v) is 15.3. The van der Waals surface area contributed by atoms with E-state index in [1.807, 2.05) is 37.4 Å². The van der Waals surface area contributed by atoms with Gasteiger partial charge < -0.3 is 19.7 Å². The molecule has 0 unspecified atom stereocenters. The van der Waals surface area contributed by atoms with E-state index in [4.69, 9.17) is 9.47 Å². The van der Waals surface area contributed by atoms with Crippen molar-refractivity contribution in [2.75, 3.05) is 31.2 Å². The van der Waals surface area contributed by atoms with E-state index in [0.29, 0.717) is 24.5 Å². The second kappa shape index (κ2) is 8.67. The van der Waals surface area contributed by atoms with E-state index in [-0.39, 0.29) is 12.0 Å². The zero-order valence-electron chi connectivity index (χ0n) is 15.3. The van der Waals surface area contributed by atoms with E-state index in [1.165, 1.54) is 0 Å². The molecular formula is C20H25N3O3. The Morgan fingerprint density at radius 3 is 2.92 bits per heavy atom. The van der Waals surface area contributed by atoms with Crippen LogP contribution in [-0.4, -0.2) is 43.3 Å². The fourth-order valence-electron chi connectivity index (χ4n) is 2.95. The Morgan fingerprint density at radius 1 is 1.35 bits per heavy atom. The lowest BCUT2D eigenvalue weighted by Gasteiger charge is -2.32. The van der Waals surface area contributed by atoms with Crippen LogP contribution in [0.2, 0.25) is 0 Å². The Hall–Kier alpha value is -2.60. The van der Waals surface area contributed by atoms with Crippen LogP contribution < -0.4 is 15.0 Å². The molecule has 3 rings (SSSR count). The van der Waals surface area contributed by atoms with Crippen LogP contribution in [0.15, 0.2) is 42.6 Å². The number of morpholine rings is 1. The summed E-state index contributed by atoms with van der Waals surface area (Å²) in [7, 11) is 0. The van der Waals surface area contributed by atoms with E-state index >= 15 is 0 Å². The van der Waals surface area contributed by atoms with Crippen LogP contribution in [0.25, 0.3) is 0 Å². The molecule has 1 aromatic heterocycles. The first kappa shape index (κ1) is 18.2. The van der Waals surface area contributed by atoms with E-state index < -0.39 is 0 Å². The summed E-state index contributed by atoms with van der Waals surface area (Å²) in [6.07, 6.45) is 2.03. The number of amides is 1. The van der Waals surface area contributed by atoms with Gasteiger partial charge in [-0.25, -0.2) is 4.98 Å². The van der Waals surface area contributed by atoms with Gasteiger partial charge in [-0.1, -0.05) is 18.2 Å². The van der Waals surface area contributed by atoms with Crippen LogP contribution in [0.3, 0.4) is 0 Å². The molecule has 1 amide bonds. The Morgan fingerprint density at radius 2 is 2.19 bits per heavy atom. The first-order chi connectivity index (χ1) is 12.7. The third kappa shape index (κ3) is 4.52. The topological polar surface area (TPSA) is 63.7 Å². The predicted octanol–water partition coefficient (Wildman–Crippen LogP) is 2.64. The van der Waals surface area contributed by atoms with Crippen molar-refractivity contribution >= 4 is 11.7 Å². The summed E-state index contributed by atoms with van der Waals surface area (Å²) in [5.41, 5.74) is 1.50. The number of anilines is 1. The van der Waals surface area contributed by atoms with Gasteiger partial charge in [0.25, 0.3) is 5.91 Å². The van der Waals surface area contributed by atoms with E-state index in [1.54, 1.807) is 12.1 Å². The molecule has 6 heteroatoms. The summed E-state index contributed by atoms with van der Waals surface area (Å²) in [4.78, 5) is 19.2. The number of pyridine rings is 1. The molecule has 0 spiro atoms. The second-order valence-electron chi connectivity index (χ2n) is 6.26. The van der Waals surface area contributed by atoms with Crippen LogP contribution in [0, 0.1) is 0 Å². The molecule has 138 valence electrons. The number of benzene rings is 1. The van der Waals surface area contributed by atoms with Gasteiger partial charge in [0.2, 0.25) is 0 Å². The number of aromatic nitrogens is 1. The second-order valence-corrected chi connectivity index (χ2v) is 6.26. The largest absolute Gasteiger partial charge is 0.493 e. The number of para-hydroxylation sites is 1. The fourth-order valence-corrected chi connectivity index (χ4v) is 2.95. The number of nitrogens with one attached hydrogen (secondary N) is 1. The molecule has 1 aromatic carbocycles. The number of rotatable bonds is 6. The minimum atomic E-state index is -0.153. The summed E-state index contributed by atoms with van der Waals surface area (Å²) < 4.78 is 11.1. The first-order valence-electron chi connectivity index (χ1n) is 8.99. The highest BCUT2D eigenvalue weighted by Gasteiger charge is 2.18. The number of carbonyl (C=O) groups is 1. The Balaban J connectivity index is 1.59. The van der Waals surface area contributed by atoms with Crippen molar-refractivity contribution in [3.63, 3.8) is 0 Å². The Bertz CT molecular complexity index is 733. The molecule has 1 N–H and O–H groups in total. The maximum atomic E-state index is 12.4. The quantitative estimate of drug-likeness (QED) is 0.863. The van der Waals surface area contributed by atoms with Gasteiger partial charge in [-0.05, 0) is 37.6 Å². The summed E-state index contributed by atoms with van der Waals surface area (Å²) >= 11 is 0. The van der Waals surface area contributed by atoms with Crippen LogP contribution in [0.1, 0.15) is 29.8 Å². The lowest BCUT2D eigenvalue weighted by molar-refractivity contribution is 0.0529. The average molecular weight is 355 g/mol. The van der Waals surface area contributed by atoms with Gasteiger partial charge in [0.15, 0.2) is 0 Å². The lowest BCUT2D eigenvalue weighted by atomic mass is 10.2. The van der Waals surface area contributed by atoms with Crippen molar-refractivity contribution < 1.29 is 14.3 Å². The SMILES string of the molecule is CCOc1ccccc1C(=O)NCc1ccc(N2CCO[C@H](C)C2)nc1. The molecule has 26 heavy (non-hydrogen) atoms. The molecule has 2 heterocycles. The number of hydrogen-bond donors (Lipinski definition) is 1. The predicted molar refractivity (Wildman–Crippen MR) is 101 cm³/mol. The normalized spacial score (nSPS) is 17.0. The third-order valence-corrected chi connectivity index (χ3v) is 4.26. The Labute approximate surface area is 154 Å². The molecule has 1 saturated heterocycles. The van der Waals surface area contributed by atoms with Crippen LogP contribution in [0.5, 0.6) is 5.75 Å². The summed E-state index contributed by atoms with van der Waals surface area (Å²) in [5.74, 6) is 1.39. The highest BCUT2D eigenvalue weighted by Crippen LogP contribution is 2.18. The van der Waals surface area contributed by atoms with Crippen molar-refractivity contribution in [1.29, 1.82) is 0 Å².